The van der Waals surface area contributed by atoms with Gasteiger partial charge in [0.05, 0.1) is 16.1 Å². The molecule has 0 N–H and O–H groups in total. The predicted molar refractivity (Wildman–Crippen MR) is 85.3 cm³/mol. The number of alkyl halides is 3. The molecule has 4 nitrogen and oxygen atoms in total. The van der Waals surface area contributed by atoms with Crippen LogP contribution in [0.2, 0.25) is 5.02 Å². The molecule has 3 rings (SSSR count). The number of fused-ring (bicyclic) bond motifs is 1. The minimum Gasteiger partial charge on any atom is -0.410 e. The van der Waals surface area contributed by atoms with Gasteiger partial charge in [-0.3, -0.25) is 0 Å². The van der Waals surface area contributed by atoms with Gasteiger partial charge in [0.1, 0.15) is 5.75 Å². The lowest BCUT2D eigenvalue weighted by molar-refractivity contribution is -0.145. The minimum atomic E-state index is -4.84. The summed E-state index contributed by atoms with van der Waals surface area (Å²) in [6.45, 7) is 0. The van der Waals surface area contributed by atoms with E-state index < -0.39 is 18.1 Å². The summed E-state index contributed by atoms with van der Waals surface area (Å²) in [7, 11) is 0. The zero-order valence-corrected chi connectivity index (χ0v) is 14.0. The van der Waals surface area contributed by atoms with E-state index in [1.807, 2.05) is 0 Å². The van der Waals surface area contributed by atoms with Crippen molar-refractivity contribution in [3.05, 3.63) is 57.8 Å². The van der Waals surface area contributed by atoms with Crippen molar-refractivity contribution in [2.75, 3.05) is 0 Å². The van der Waals surface area contributed by atoms with Gasteiger partial charge in [-0.05, 0) is 40.2 Å². The van der Waals surface area contributed by atoms with Gasteiger partial charge in [0.2, 0.25) is 5.82 Å². The number of imidazole rings is 1. The summed E-state index contributed by atoms with van der Waals surface area (Å²) in [5.74, 6) is -1.27. The summed E-state index contributed by atoms with van der Waals surface area (Å²) in [5.41, 5.74) is -0.139. The van der Waals surface area contributed by atoms with Gasteiger partial charge in [-0.1, -0.05) is 29.8 Å². The molecule has 0 aliphatic rings. The summed E-state index contributed by atoms with van der Waals surface area (Å²) in [5, 5.41) is 0.143. The maximum atomic E-state index is 13.3. The molecule has 0 atom stereocenters. The molecule has 0 spiro atoms. The molecular formula is C15H7BrClF3N2O2. The van der Waals surface area contributed by atoms with Gasteiger partial charge in [-0.2, -0.15) is 13.2 Å². The molecule has 0 aliphatic heterocycles. The van der Waals surface area contributed by atoms with E-state index in [0.29, 0.717) is 9.04 Å². The number of ether oxygens (including phenoxy) is 1. The molecule has 0 saturated heterocycles. The third-order valence-electron chi connectivity index (χ3n) is 3.08. The number of halogens is 5. The molecule has 0 unspecified atom stereocenters. The van der Waals surface area contributed by atoms with E-state index in [1.54, 1.807) is 18.2 Å². The van der Waals surface area contributed by atoms with Crippen LogP contribution in [0.4, 0.5) is 18.0 Å². The lowest BCUT2D eigenvalue weighted by Gasteiger charge is -2.10. The highest BCUT2D eigenvalue weighted by molar-refractivity contribution is 9.10. The van der Waals surface area contributed by atoms with Gasteiger partial charge in [0.15, 0.2) is 0 Å². The molecule has 9 heteroatoms. The summed E-state index contributed by atoms with van der Waals surface area (Å²) < 4.78 is 45.5. The van der Waals surface area contributed by atoms with Gasteiger partial charge in [0.25, 0.3) is 0 Å². The molecule has 24 heavy (non-hydrogen) atoms. The Kier molecular flexibility index (Phi) is 4.27. The average Bonchev–Trinajstić information content (AvgIpc) is 2.87. The monoisotopic (exact) mass is 418 g/mol. The number of aromatic nitrogens is 2. The van der Waals surface area contributed by atoms with E-state index in [9.17, 15) is 18.0 Å². The Balaban J connectivity index is 2.17. The van der Waals surface area contributed by atoms with Crippen LogP contribution in [0.1, 0.15) is 5.82 Å². The highest BCUT2D eigenvalue weighted by Crippen LogP contribution is 2.35. The van der Waals surface area contributed by atoms with Crippen molar-refractivity contribution in [3.63, 3.8) is 0 Å². The molecular weight excluding hydrogens is 413 g/mol. The highest BCUT2D eigenvalue weighted by atomic mass is 79.9. The van der Waals surface area contributed by atoms with Crippen LogP contribution in [0, 0.1) is 0 Å². The van der Waals surface area contributed by atoms with E-state index in [0.717, 1.165) is 0 Å². The van der Waals surface area contributed by atoms with Gasteiger partial charge in [-0.15, -0.1) is 0 Å². The van der Waals surface area contributed by atoms with Crippen molar-refractivity contribution >= 4 is 44.7 Å². The van der Waals surface area contributed by atoms with E-state index in [2.05, 4.69) is 20.9 Å². The predicted octanol–water partition coefficient (Wildman–Crippen LogP) is 5.52. The second-order valence-corrected chi connectivity index (χ2v) is 5.97. The molecule has 1 aromatic heterocycles. The van der Waals surface area contributed by atoms with Crippen LogP contribution in [0.3, 0.4) is 0 Å². The van der Waals surface area contributed by atoms with Gasteiger partial charge < -0.3 is 4.74 Å². The van der Waals surface area contributed by atoms with Crippen molar-refractivity contribution in [2.24, 2.45) is 0 Å². The third kappa shape index (κ3) is 3.11. The van der Waals surface area contributed by atoms with Crippen LogP contribution in [-0.2, 0) is 6.18 Å². The first-order valence-electron chi connectivity index (χ1n) is 6.49. The third-order valence-corrected chi connectivity index (χ3v) is 4.28. The van der Waals surface area contributed by atoms with Gasteiger partial charge >= 0.3 is 12.3 Å². The molecule has 0 aliphatic carbocycles. The number of hydrogen-bond donors (Lipinski definition) is 0. The molecule has 0 saturated carbocycles. The van der Waals surface area contributed by atoms with Crippen molar-refractivity contribution in [2.45, 2.75) is 6.18 Å². The molecule has 0 bridgehead atoms. The quantitative estimate of drug-likeness (QED) is 0.522. The molecule has 124 valence electrons. The largest absolute Gasteiger partial charge is 0.450 e. The maximum Gasteiger partial charge on any atom is 0.450 e. The first-order chi connectivity index (χ1) is 11.3. The van der Waals surface area contributed by atoms with Crippen LogP contribution in [0.25, 0.3) is 11.0 Å². The Bertz CT molecular complexity index is 926. The zero-order valence-electron chi connectivity index (χ0n) is 11.6. The van der Waals surface area contributed by atoms with E-state index in [-0.39, 0.29) is 21.8 Å². The SMILES string of the molecule is O=C(Oc1ccccc1)n1c(C(F)(F)F)nc2cc(Br)c(Cl)cc21. The second-order valence-electron chi connectivity index (χ2n) is 4.70. The summed E-state index contributed by atoms with van der Waals surface area (Å²) >= 11 is 9.04. The lowest BCUT2D eigenvalue weighted by Crippen LogP contribution is -2.24. The fourth-order valence-electron chi connectivity index (χ4n) is 2.08. The Morgan fingerprint density at radius 1 is 1.21 bits per heavy atom. The number of carbonyl (C=O) groups excluding carboxylic acids is 1. The Hall–Kier alpha value is -2.06. The van der Waals surface area contributed by atoms with Crippen molar-refractivity contribution < 1.29 is 22.7 Å². The second kappa shape index (κ2) is 6.10. The number of rotatable bonds is 1. The molecule has 0 amide bonds. The number of benzene rings is 2. The normalized spacial score (nSPS) is 11.7. The molecule has 2 aromatic carbocycles. The summed E-state index contributed by atoms with van der Waals surface area (Å²) in [4.78, 5) is 15.8. The van der Waals surface area contributed by atoms with Gasteiger partial charge in [-0.25, -0.2) is 14.3 Å². The molecule has 0 radical (unpaired) electrons. The minimum absolute atomic E-state index is 0.0383. The fourth-order valence-corrected chi connectivity index (χ4v) is 2.57. The number of hydrogen-bond acceptors (Lipinski definition) is 3. The standard InChI is InChI=1S/C15H7BrClF3N2O2/c16-9-6-11-12(7-10(9)17)22(13(21-11)15(18,19)20)14(23)24-8-4-2-1-3-5-8/h1-7H. The van der Waals surface area contributed by atoms with Crippen molar-refractivity contribution in [1.82, 2.24) is 9.55 Å². The Labute approximate surface area is 146 Å². The molecule has 3 aromatic rings. The summed E-state index contributed by atoms with van der Waals surface area (Å²) in [6, 6.07) is 10.3. The molecule has 0 fully saturated rings. The van der Waals surface area contributed by atoms with Crippen molar-refractivity contribution in [3.8, 4) is 5.75 Å². The smallest absolute Gasteiger partial charge is 0.410 e. The van der Waals surface area contributed by atoms with Crippen LogP contribution < -0.4 is 4.74 Å². The van der Waals surface area contributed by atoms with Crippen molar-refractivity contribution in [1.29, 1.82) is 0 Å². The van der Waals surface area contributed by atoms with E-state index >= 15 is 0 Å². The summed E-state index contributed by atoms with van der Waals surface area (Å²) in [6.07, 6.45) is -6.07. The van der Waals surface area contributed by atoms with Crippen LogP contribution in [0.15, 0.2) is 46.9 Å². The maximum absolute atomic E-state index is 13.3. The molecule has 1 heterocycles. The fraction of sp³-hybridized carbons (Fsp3) is 0.0667. The van der Waals surface area contributed by atoms with E-state index in [4.69, 9.17) is 16.3 Å². The number of para-hydroxylation sites is 1. The van der Waals surface area contributed by atoms with E-state index in [1.165, 1.54) is 24.3 Å². The number of carbonyl (C=O) groups is 1. The first kappa shape index (κ1) is 16.8. The van der Waals surface area contributed by atoms with Crippen LogP contribution in [0.5, 0.6) is 5.75 Å². The lowest BCUT2D eigenvalue weighted by atomic mass is 10.3. The average molecular weight is 420 g/mol. The first-order valence-corrected chi connectivity index (χ1v) is 7.66. The topological polar surface area (TPSA) is 44.1 Å². The Morgan fingerprint density at radius 3 is 2.50 bits per heavy atom. The van der Waals surface area contributed by atoms with Crippen LogP contribution >= 0.6 is 27.5 Å². The Morgan fingerprint density at radius 2 is 1.88 bits per heavy atom. The zero-order chi connectivity index (χ0) is 17.5. The van der Waals surface area contributed by atoms with Gasteiger partial charge in [0, 0.05) is 4.47 Å². The number of nitrogens with zero attached hydrogens (tertiary/aromatic N) is 2. The van der Waals surface area contributed by atoms with Crippen LogP contribution in [-0.4, -0.2) is 15.6 Å². The highest BCUT2D eigenvalue weighted by Gasteiger charge is 2.40.